The summed E-state index contributed by atoms with van der Waals surface area (Å²) in [6.07, 6.45) is -4.42. The number of halogens is 4. The van der Waals surface area contributed by atoms with Gasteiger partial charge in [-0.25, -0.2) is 10.4 Å². The zero-order valence-electron chi connectivity index (χ0n) is 12.5. The highest BCUT2D eigenvalue weighted by Gasteiger charge is 2.27. The summed E-state index contributed by atoms with van der Waals surface area (Å²) in [6.45, 7) is -1.32. The Hall–Kier alpha value is -2.03. The normalized spacial score (nSPS) is 13.4. The minimum Gasteiger partial charge on any atom is -0.287 e. The Morgan fingerprint density at radius 2 is 1.92 bits per heavy atom. The molecule has 0 saturated carbocycles. The summed E-state index contributed by atoms with van der Waals surface area (Å²) in [5.74, 6) is -0.690. The highest BCUT2D eigenvalue weighted by Crippen LogP contribution is 2.41. The molecule has 0 unspecified atom stereocenters. The van der Waals surface area contributed by atoms with Gasteiger partial charge in [0.2, 0.25) is 0 Å². The lowest BCUT2D eigenvalue weighted by Crippen LogP contribution is -2.42. The molecule has 0 atom stereocenters. The molecule has 1 aliphatic heterocycles. The number of carbonyl (C=O) groups is 1. The molecule has 130 valence electrons. The summed E-state index contributed by atoms with van der Waals surface area (Å²) < 4.78 is 36.3. The topological polar surface area (TPSA) is 53.5 Å². The molecule has 4 nitrogen and oxygen atoms in total. The predicted octanol–water partition coefficient (Wildman–Crippen LogP) is 4.27. The Balaban J connectivity index is 1.82. The number of nitrogens with one attached hydrogen (secondary N) is 2. The molecule has 2 aromatic rings. The second-order valence-corrected chi connectivity index (χ2v) is 6.55. The molecule has 0 fully saturated rings. The van der Waals surface area contributed by atoms with Crippen molar-refractivity contribution in [1.82, 2.24) is 10.9 Å². The van der Waals surface area contributed by atoms with Gasteiger partial charge in [-0.3, -0.25) is 10.2 Å². The zero-order chi connectivity index (χ0) is 18.0. The van der Waals surface area contributed by atoms with E-state index in [1.54, 1.807) is 6.07 Å². The van der Waals surface area contributed by atoms with Gasteiger partial charge in [0, 0.05) is 20.9 Å². The molecule has 1 aliphatic rings. The third kappa shape index (κ3) is 4.33. The monoisotopic (exact) mass is 385 g/mol. The van der Waals surface area contributed by atoms with Gasteiger partial charge in [-0.05, 0) is 24.3 Å². The predicted molar refractivity (Wildman–Crippen MR) is 90.6 cm³/mol. The summed E-state index contributed by atoms with van der Waals surface area (Å²) in [4.78, 5) is 18.0. The van der Waals surface area contributed by atoms with Gasteiger partial charge in [-0.2, -0.15) is 13.2 Å². The summed E-state index contributed by atoms with van der Waals surface area (Å²) in [5, 5.41) is 0.287. The minimum absolute atomic E-state index is 0.174. The van der Waals surface area contributed by atoms with Crippen LogP contribution in [-0.2, 0) is 0 Å². The van der Waals surface area contributed by atoms with Crippen LogP contribution in [0.25, 0.3) is 0 Å². The third-order valence-electron chi connectivity index (χ3n) is 3.26. The van der Waals surface area contributed by atoms with Crippen LogP contribution in [0.2, 0.25) is 0 Å². The zero-order valence-corrected chi connectivity index (χ0v) is 14.1. The largest absolute Gasteiger partial charge is 0.402 e. The second-order valence-electron chi connectivity index (χ2n) is 5.11. The smallest absolute Gasteiger partial charge is 0.287 e. The molecule has 0 aliphatic carbocycles. The van der Waals surface area contributed by atoms with Crippen LogP contribution >= 0.6 is 23.4 Å². The first-order valence-corrected chi connectivity index (χ1v) is 8.28. The lowest BCUT2D eigenvalue weighted by atomic mass is 10.2. The first-order chi connectivity index (χ1) is 11.8. The van der Waals surface area contributed by atoms with Crippen LogP contribution in [0.1, 0.15) is 15.9 Å². The number of benzene rings is 2. The van der Waals surface area contributed by atoms with Gasteiger partial charge in [0.05, 0.1) is 5.69 Å². The number of hydrazine groups is 1. The van der Waals surface area contributed by atoms with Crippen LogP contribution in [0.15, 0.2) is 57.2 Å². The lowest BCUT2D eigenvalue weighted by Gasteiger charge is -2.10. The Kier molecular flexibility index (Phi) is 5.03. The molecule has 1 heterocycles. The molecule has 2 aromatic carbocycles. The van der Waals surface area contributed by atoms with E-state index in [9.17, 15) is 18.0 Å². The average Bonchev–Trinajstić information content (AvgIpc) is 2.69. The van der Waals surface area contributed by atoms with E-state index in [1.807, 2.05) is 35.1 Å². The molecule has 9 heteroatoms. The Morgan fingerprint density at radius 1 is 1.16 bits per heavy atom. The lowest BCUT2D eigenvalue weighted by molar-refractivity contribution is -0.126. The SMILES string of the molecule is O=C(NNCC(F)(F)F)c1ccc2c(c1)N=C(Cl)c1ccccc1S2. The number of carbonyl (C=O) groups excluding carboxylic acids is 1. The fourth-order valence-corrected chi connectivity index (χ4v) is 3.45. The summed E-state index contributed by atoms with van der Waals surface area (Å²) in [7, 11) is 0. The van der Waals surface area contributed by atoms with Crippen LogP contribution in [0.5, 0.6) is 0 Å². The maximum absolute atomic E-state index is 12.1. The molecule has 0 radical (unpaired) electrons. The van der Waals surface area contributed by atoms with E-state index in [1.165, 1.54) is 23.9 Å². The fourth-order valence-electron chi connectivity index (χ4n) is 2.14. The molecule has 1 amide bonds. The van der Waals surface area contributed by atoms with Gasteiger partial charge in [0.15, 0.2) is 0 Å². The highest BCUT2D eigenvalue weighted by atomic mass is 35.5. The number of hydrogen-bond acceptors (Lipinski definition) is 4. The second kappa shape index (κ2) is 7.07. The molecule has 0 bridgehead atoms. The van der Waals surface area contributed by atoms with Crippen molar-refractivity contribution in [2.24, 2.45) is 4.99 Å². The molecule has 0 saturated heterocycles. The van der Waals surface area contributed by atoms with Crippen LogP contribution in [-0.4, -0.2) is 23.8 Å². The molecule has 25 heavy (non-hydrogen) atoms. The third-order valence-corrected chi connectivity index (χ3v) is 4.69. The van der Waals surface area contributed by atoms with E-state index in [-0.39, 0.29) is 10.7 Å². The van der Waals surface area contributed by atoms with Crippen LogP contribution in [0, 0.1) is 0 Å². The van der Waals surface area contributed by atoms with E-state index in [0.717, 1.165) is 15.4 Å². The molecule has 0 aromatic heterocycles. The number of rotatable bonds is 3. The Bertz CT molecular complexity index is 855. The van der Waals surface area contributed by atoms with Crippen LogP contribution in [0.4, 0.5) is 18.9 Å². The van der Waals surface area contributed by atoms with Crippen molar-refractivity contribution in [2.75, 3.05) is 6.54 Å². The number of aliphatic imine (C=N–C) groups is 1. The first-order valence-electron chi connectivity index (χ1n) is 7.09. The van der Waals surface area contributed by atoms with Gasteiger partial charge in [-0.1, -0.05) is 41.6 Å². The highest BCUT2D eigenvalue weighted by molar-refractivity contribution is 7.99. The number of fused-ring (bicyclic) bond motifs is 2. The molecule has 3 rings (SSSR count). The maximum atomic E-state index is 12.1. The minimum atomic E-state index is -4.42. The van der Waals surface area contributed by atoms with Crippen molar-refractivity contribution in [3.05, 3.63) is 53.6 Å². The standard InChI is InChI=1S/C16H11ClF3N3OS/c17-14-10-3-1-2-4-12(10)25-13-6-5-9(7-11(13)22-14)15(24)23-21-8-16(18,19)20/h1-7,21H,8H2,(H,23,24). The molecular formula is C16H11ClF3N3OS. The van der Waals surface area contributed by atoms with E-state index in [2.05, 4.69) is 4.99 Å². The van der Waals surface area contributed by atoms with Crippen molar-refractivity contribution < 1.29 is 18.0 Å². The number of alkyl halides is 3. The van der Waals surface area contributed by atoms with E-state index in [0.29, 0.717) is 5.69 Å². The van der Waals surface area contributed by atoms with Gasteiger partial charge < -0.3 is 0 Å². The van der Waals surface area contributed by atoms with Crippen molar-refractivity contribution in [1.29, 1.82) is 0 Å². The van der Waals surface area contributed by atoms with E-state index >= 15 is 0 Å². The van der Waals surface area contributed by atoms with Crippen molar-refractivity contribution >= 4 is 40.1 Å². The number of hydrogen-bond donors (Lipinski definition) is 2. The van der Waals surface area contributed by atoms with Crippen molar-refractivity contribution in [3.63, 3.8) is 0 Å². The van der Waals surface area contributed by atoms with Crippen molar-refractivity contribution in [2.45, 2.75) is 16.0 Å². The summed E-state index contributed by atoms with van der Waals surface area (Å²) >= 11 is 7.70. The number of amides is 1. The van der Waals surface area contributed by atoms with Crippen molar-refractivity contribution in [3.8, 4) is 0 Å². The summed E-state index contributed by atoms with van der Waals surface area (Å²) in [5.41, 5.74) is 5.29. The first kappa shape index (κ1) is 17.8. The van der Waals surface area contributed by atoms with E-state index < -0.39 is 18.6 Å². The molecule has 2 N–H and O–H groups in total. The van der Waals surface area contributed by atoms with Crippen LogP contribution in [0.3, 0.4) is 0 Å². The number of nitrogens with zero attached hydrogens (tertiary/aromatic N) is 1. The Labute approximate surface area is 150 Å². The van der Waals surface area contributed by atoms with Gasteiger partial charge in [0.1, 0.15) is 11.7 Å². The van der Waals surface area contributed by atoms with Crippen LogP contribution < -0.4 is 10.9 Å². The summed E-state index contributed by atoms with van der Waals surface area (Å²) in [6, 6.07) is 12.2. The van der Waals surface area contributed by atoms with Gasteiger partial charge >= 0.3 is 6.18 Å². The molecule has 0 spiro atoms. The van der Waals surface area contributed by atoms with Gasteiger partial charge in [-0.15, -0.1) is 0 Å². The Morgan fingerprint density at radius 3 is 2.68 bits per heavy atom. The van der Waals surface area contributed by atoms with E-state index in [4.69, 9.17) is 11.6 Å². The quantitative estimate of drug-likeness (QED) is 0.776. The average molecular weight is 386 g/mol. The maximum Gasteiger partial charge on any atom is 0.402 e. The molecular weight excluding hydrogens is 375 g/mol. The van der Waals surface area contributed by atoms with Gasteiger partial charge in [0.25, 0.3) is 5.91 Å². The fraction of sp³-hybridized carbons (Fsp3) is 0.125.